The number of hydrogen-bond acceptors (Lipinski definition) is 5. The molecule has 0 bridgehead atoms. The van der Waals surface area contributed by atoms with E-state index in [9.17, 15) is 23.3 Å². The van der Waals surface area contributed by atoms with Crippen LogP contribution in [-0.2, 0) is 12.7 Å². The minimum absolute atomic E-state index is 0.110. The van der Waals surface area contributed by atoms with E-state index in [1.807, 2.05) is 12.1 Å². The Morgan fingerprint density at radius 1 is 1.22 bits per heavy atom. The molecule has 0 aliphatic carbocycles. The van der Waals surface area contributed by atoms with E-state index in [-0.39, 0.29) is 5.69 Å². The van der Waals surface area contributed by atoms with Gasteiger partial charge in [-0.1, -0.05) is 17.7 Å². The van der Waals surface area contributed by atoms with Gasteiger partial charge in [0.25, 0.3) is 5.69 Å². The molecule has 1 saturated heterocycles. The number of piperazine rings is 1. The summed E-state index contributed by atoms with van der Waals surface area (Å²) in [5.74, 6) is 0. The Hall–Kier alpha value is -2.39. The number of anilines is 1. The summed E-state index contributed by atoms with van der Waals surface area (Å²) < 4.78 is 39.0. The van der Waals surface area contributed by atoms with Crippen molar-refractivity contribution in [1.29, 1.82) is 0 Å². The van der Waals surface area contributed by atoms with E-state index in [2.05, 4.69) is 9.88 Å². The summed E-state index contributed by atoms with van der Waals surface area (Å²) in [6, 6.07) is 5.36. The third-order valence-electron chi connectivity index (χ3n) is 4.41. The van der Waals surface area contributed by atoms with Crippen molar-refractivity contribution in [3.05, 3.63) is 62.9 Å². The number of nitrogens with zero attached hydrogens (tertiary/aromatic N) is 4. The number of aromatic nitrogens is 1. The Morgan fingerprint density at radius 3 is 2.48 bits per heavy atom. The zero-order valence-electron chi connectivity index (χ0n) is 14.1. The summed E-state index contributed by atoms with van der Waals surface area (Å²) in [6.07, 6.45) is -1.29. The van der Waals surface area contributed by atoms with E-state index in [1.165, 1.54) is 0 Å². The summed E-state index contributed by atoms with van der Waals surface area (Å²) in [6.45, 7) is 2.82. The van der Waals surface area contributed by atoms with Gasteiger partial charge in [-0.05, 0) is 17.7 Å². The molecule has 0 atom stereocenters. The molecule has 1 aliphatic heterocycles. The van der Waals surface area contributed by atoms with Crippen LogP contribution in [0.2, 0.25) is 5.02 Å². The quantitative estimate of drug-likeness (QED) is 0.573. The van der Waals surface area contributed by atoms with Gasteiger partial charge in [0.1, 0.15) is 5.69 Å². The van der Waals surface area contributed by atoms with Crippen LogP contribution in [-0.4, -0.2) is 41.0 Å². The van der Waals surface area contributed by atoms with E-state index >= 15 is 0 Å². The first-order valence-corrected chi connectivity index (χ1v) is 8.55. The van der Waals surface area contributed by atoms with Crippen LogP contribution in [0.4, 0.5) is 24.5 Å². The average Bonchev–Trinajstić information content (AvgIpc) is 2.61. The van der Waals surface area contributed by atoms with E-state index in [4.69, 9.17) is 11.6 Å². The molecule has 2 heterocycles. The molecule has 0 N–H and O–H groups in total. The highest BCUT2D eigenvalue weighted by atomic mass is 35.5. The summed E-state index contributed by atoms with van der Waals surface area (Å²) in [5, 5.41) is 10.8. The molecule has 1 aromatic carbocycles. The van der Waals surface area contributed by atoms with Crippen LogP contribution in [0.25, 0.3) is 0 Å². The number of nitro groups is 1. The third kappa shape index (κ3) is 4.48. The fourth-order valence-electron chi connectivity index (χ4n) is 3.06. The first-order chi connectivity index (χ1) is 12.8. The monoisotopic (exact) mass is 400 g/mol. The molecule has 0 saturated carbocycles. The number of benzene rings is 1. The predicted molar refractivity (Wildman–Crippen MR) is 94.8 cm³/mol. The number of nitro benzene ring substituents is 1. The lowest BCUT2D eigenvalue weighted by Gasteiger charge is -2.36. The molecule has 0 radical (unpaired) electrons. The zero-order chi connectivity index (χ0) is 19.6. The van der Waals surface area contributed by atoms with Crippen molar-refractivity contribution in [2.45, 2.75) is 12.7 Å². The third-order valence-corrected chi connectivity index (χ3v) is 4.72. The van der Waals surface area contributed by atoms with E-state index in [0.29, 0.717) is 38.8 Å². The highest BCUT2D eigenvalue weighted by Crippen LogP contribution is 2.41. The molecule has 0 amide bonds. The molecule has 0 spiro atoms. The Balaban J connectivity index is 1.77. The second-order valence-electron chi connectivity index (χ2n) is 6.20. The Bertz CT molecular complexity index is 825. The van der Waals surface area contributed by atoms with Crippen molar-refractivity contribution < 1.29 is 18.1 Å². The molecule has 2 aromatic rings. The first-order valence-electron chi connectivity index (χ1n) is 8.17. The Morgan fingerprint density at radius 2 is 1.93 bits per heavy atom. The van der Waals surface area contributed by atoms with Crippen molar-refractivity contribution in [2.75, 3.05) is 31.1 Å². The van der Waals surface area contributed by atoms with Gasteiger partial charge in [-0.3, -0.25) is 20.0 Å². The van der Waals surface area contributed by atoms with E-state index in [1.54, 1.807) is 17.3 Å². The second kappa shape index (κ2) is 7.69. The largest absolute Gasteiger partial charge is 0.418 e. The van der Waals surface area contributed by atoms with Crippen molar-refractivity contribution in [1.82, 2.24) is 9.88 Å². The number of pyridine rings is 1. The van der Waals surface area contributed by atoms with Gasteiger partial charge in [0, 0.05) is 51.2 Å². The van der Waals surface area contributed by atoms with Gasteiger partial charge in [0.05, 0.1) is 15.5 Å². The molecular weight excluding hydrogens is 385 g/mol. The first kappa shape index (κ1) is 19.4. The molecule has 27 heavy (non-hydrogen) atoms. The maximum absolute atomic E-state index is 13.0. The van der Waals surface area contributed by atoms with Gasteiger partial charge in [-0.25, -0.2) is 0 Å². The highest BCUT2D eigenvalue weighted by molar-refractivity contribution is 6.31. The van der Waals surface area contributed by atoms with Gasteiger partial charge < -0.3 is 4.90 Å². The van der Waals surface area contributed by atoms with Crippen molar-refractivity contribution in [3.8, 4) is 0 Å². The molecular formula is C17H16ClF3N4O2. The van der Waals surface area contributed by atoms with Crippen molar-refractivity contribution >= 4 is 23.0 Å². The molecule has 3 rings (SSSR count). The molecule has 0 unspecified atom stereocenters. The fraction of sp³-hybridized carbons (Fsp3) is 0.353. The van der Waals surface area contributed by atoms with Crippen LogP contribution in [0.3, 0.4) is 0 Å². The molecule has 10 heteroatoms. The lowest BCUT2D eigenvalue weighted by Crippen LogP contribution is -2.46. The van der Waals surface area contributed by atoms with Gasteiger partial charge >= 0.3 is 6.18 Å². The maximum Gasteiger partial charge on any atom is 0.418 e. The summed E-state index contributed by atoms with van der Waals surface area (Å²) >= 11 is 5.76. The van der Waals surface area contributed by atoms with E-state index < -0.39 is 27.4 Å². The molecule has 1 fully saturated rings. The van der Waals surface area contributed by atoms with Gasteiger partial charge in [0.15, 0.2) is 0 Å². The highest BCUT2D eigenvalue weighted by Gasteiger charge is 2.37. The van der Waals surface area contributed by atoms with Gasteiger partial charge in [-0.15, -0.1) is 0 Å². The number of halogens is 4. The van der Waals surface area contributed by atoms with Gasteiger partial charge in [0.2, 0.25) is 0 Å². The Kier molecular flexibility index (Phi) is 5.52. The Labute approximate surface area is 158 Å². The number of rotatable bonds is 4. The topological polar surface area (TPSA) is 62.5 Å². The van der Waals surface area contributed by atoms with Crippen LogP contribution < -0.4 is 4.90 Å². The lowest BCUT2D eigenvalue weighted by atomic mass is 10.1. The van der Waals surface area contributed by atoms with Gasteiger partial charge in [-0.2, -0.15) is 13.2 Å². The van der Waals surface area contributed by atoms with Crippen molar-refractivity contribution in [2.24, 2.45) is 0 Å². The second-order valence-corrected chi connectivity index (χ2v) is 6.61. The molecule has 1 aliphatic rings. The summed E-state index contributed by atoms with van der Waals surface area (Å²) in [5.41, 5.74) is -0.629. The normalized spacial score (nSPS) is 15.8. The average molecular weight is 401 g/mol. The maximum atomic E-state index is 13.0. The van der Waals surface area contributed by atoms with Crippen LogP contribution in [0, 0.1) is 10.1 Å². The standard InChI is InChI=1S/C17H16ClF3N4O2/c18-14-9-15(16(25(26)27)8-13(14)17(19,20)21)24-6-4-23(5-7-24)11-12-2-1-3-22-10-12/h1-3,8-10H,4-7,11H2. The van der Waals surface area contributed by atoms with Crippen LogP contribution in [0.15, 0.2) is 36.7 Å². The van der Waals surface area contributed by atoms with Crippen LogP contribution >= 0.6 is 11.6 Å². The minimum Gasteiger partial charge on any atom is -0.363 e. The fourth-order valence-corrected chi connectivity index (χ4v) is 3.33. The molecule has 6 nitrogen and oxygen atoms in total. The van der Waals surface area contributed by atoms with Crippen LogP contribution in [0.1, 0.15) is 11.1 Å². The molecule has 144 valence electrons. The summed E-state index contributed by atoms with van der Waals surface area (Å²) in [7, 11) is 0. The SMILES string of the molecule is O=[N+]([O-])c1cc(C(F)(F)F)c(Cl)cc1N1CCN(Cc2cccnc2)CC1. The van der Waals surface area contributed by atoms with Crippen molar-refractivity contribution in [3.63, 3.8) is 0 Å². The van der Waals surface area contributed by atoms with E-state index in [0.717, 1.165) is 11.6 Å². The van der Waals surface area contributed by atoms with Crippen LogP contribution in [0.5, 0.6) is 0 Å². The zero-order valence-corrected chi connectivity index (χ0v) is 14.9. The number of hydrogen-bond donors (Lipinski definition) is 0. The number of alkyl halides is 3. The molecule has 1 aromatic heterocycles. The minimum atomic E-state index is -4.75. The predicted octanol–water partition coefficient (Wildman–Crippen LogP) is 3.98. The smallest absolute Gasteiger partial charge is 0.363 e. The lowest BCUT2D eigenvalue weighted by molar-refractivity contribution is -0.384. The summed E-state index contributed by atoms with van der Waals surface area (Å²) in [4.78, 5) is 18.4.